The summed E-state index contributed by atoms with van der Waals surface area (Å²) in [5.41, 5.74) is 1.94. The molecular weight excluding hydrogens is 296 g/mol. The molecular formula is C17H22N2O2S. The number of hydrogen-bond donors (Lipinski definition) is 0. The zero-order valence-corrected chi connectivity index (χ0v) is 13.8. The van der Waals surface area contributed by atoms with Gasteiger partial charge >= 0.3 is 0 Å². The van der Waals surface area contributed by atoms with Crippen LogP contribution in [-0.2, 0) is 4.79 Å². The second-order valence-electron chi connectivity index (χ2n) is 6.91. The quantitative estimate of drug-likeness (QED) is 0.841. The van der Waals surface area contributed by atoms with Crippen LogP contribution in [0, 0.1) is 12.8 Å². The second kappa shape index (κ2) is 5.37. The van der Waals surface area contributed by atoms with Gasteiger partial charge in [-0.1, -0.05) is 0 Å². The van der Waals surface area contributed by atoms with Gasteiger partial charge in [-0.2, -0.15) is 11.3 Å². The van der Waals surface area contributed by atoms with Crippen LogP contribution in [0.4, 0.5) is 0 Å². The van der Waals surface area contributed by atoms with Gasteiger partial charge in [0, 0.05) is 37.0 Å². The summed E-state index contributed by atoms with van der Waals surface area (Å²) < 4.78 is 0. The van der Waals surface area contributed by atoms with Crippen LogP contribution in [0.5, 0.6) is 0 Å². The Morgan fingerprint density at radius 3 is 2.73 bits per heavy atom. The van der Waals surface area contributed by atoms with Gasteiger partial charge in [-0.3, -0.25) is 9.59 Å². The number of carbonyl (C=O) groups excluding carboxylic acids is 2. The number of nitrogens with zero attached hydrogens (tertiary/aromatic N) is 2. The van der Waals surface area contributed by atoms with Crippen LogP contribution < -0.4 is 0 Å². The molecule has 0 bridgehead atoms. The van der Waals surface area contributed by atoms with E-state index in [9.17, 15) is 9.59 Å². The Balaban J connectivity index is 1.49. The Kier molecular flexibility index (Phi) is 3.48. The number of fused-ring (bicyclic) bond motifs is 1. The van der Waals surface area contributed by atoms with E-state index >= 15 is 0 Å². The van der Waals surface area contributed by atoms with Gasteiger partial charge in [-0.05, 0) is 49.5 Å². The highest BCUT2D eigenvalue weighted by Crippen LogP contribution is 2.39. The van der Waals surface area contributed by atoms with Crippen LogP contribution in [0.1, 0.15) is 48.0 Å². The Bertz CT molecular complexity index is 608. The lowest BCUT2D eigenvalue weighted by atomic mass is 9.83. The van der Waals surface area contributed by atoms with Crippen molar-refractivity contribution in [2.24, 2.45) is 5.92 Å². The SMILES string of the molecule is Cc1cscc1C(=O)N1CC[C@H]2[C@@H](CCC(=O)N2C2CC2)C1. The number of rotatable bonds is 2. The summed E-state index contributed by atoms with van der Waals surface area (Å²) >= 11 is 1.59. The van der Waals surface area contributed by atoms with E-state index in [-0.39, 0.29) is 5.91 Å². The Morgan fingerprint density at radius 2 is 2.05 bits per heavy atom. The van der Waals surface area contributed by atoms with Gasteiger partial charge in [0.2, 0.25) is 5.91 Å². The first-order valence-corrected chi connectivity index (χ1v) is 9.22. The fraction of sp³-hybridized carbons (Fsp3) is 0.647. The zero-order valence-electron chi connectivity index (χ0n) is 13.0. The van der Waals surface area contributed by atoms with Crippen LogP contribution in [0.3, 0.4) is 0 Å². The van der Waals surface area contributed by atoms with Crippen molar-refractivity contribution in [3.63, 3.8) is 0 Å². The number of amides is 2. The van der Waals surface area contributed by atoms with Gasteiger partial charge in [0.25, 0.3) is 5.91 Å². The van der Waals surface area contributed by atoms with Crippen molar-refractivity contribution < 1.29 is 9.59 Å². The summed E-state index contributed by atoms with van der Waals surface area (Å²) in [6.45, 7) is 3.60. The third kappa shape index (κ3) is 2.35. The van der Waals surface area contributed by atoms with Gasteiger partial charge in [-0.15, -0.1) is 0 Å². The molecule has 0 radical (unpaired) electrons. The van der Waals surface area contributed by atoms with E-state index in [2.05, 4.69) is 4.90 Å². The summed E-state index contributed by atoms with van der Waals surface area (Å²) in [7, 11) is 0. The molecule has 0 aromatic carbocycles. The Labute approximate surface area is 135 Å². The molecule has 0 spiro atoms. The average Bonchev–Trinajstić information content (AvgIpc) is 3.26. The van der Waals surface area contributed by atoms with Gasteiger partial charge < -0.3 is 9.80 Å². The number of likely N-dealkylation sites (tertiary alicyclic amines) is 2. The summed E-state index contributed by atoms with van der Waals surface area (Å²) in [6, 6.07) is 0.878. The third-order valence-electron chi connectivity index (χ3n) is 5.38. The molecule has 2 amide bonds. The fourth-order valence-electron chi connectivity index (χ4n) is 4.05. The minimum absolute atomic E-state index is 0.173. The summed E-state index contributed by atoms with van der Waals surface area (Å²) in [5.74, 6) is 0.985. The lowest BCUT2D eigenvalue weighted by Crippen LogP contribution is -2.57. The summed E-state index contributed by atoms with van der Waals surface area (Å²) in [6.07, 6.45) is 4.90. The van der Waals surface area contributed by atoms with Crippen LogP contribution in [0.15, 0.2) is 10.8 Å². The number of aryl methyl sites for hydroxylation is 1. The van der Waals surface area contributed by atoms with Gasteiger partial charge in [0.15, 0.2) is 0 Å². The highest BCUT2D eigenvalue weighted by atomic mass is 32.1. The van der Waals surface area contributed by atoms with E-state index in [0.29, 0.717) is 30.3 Å². The van der Waals surface area contributed by atoms with Crippen molar-refractivity contribution in [1.29, 1.82) is 0 Å². The molecule has 3 fully saturated rings. The monoisotopic (exact) mass is 318 g/mol. The van der Waals surface area contributed by atoms with Crippen LogP contribution in [0.2, 0.25) is 0 Å². The lowest BCUT2D eigenvalue weighted by Gasteiger charge is -2.47. The van der Waals surface area contributed by atoms with Crippen molar-refractivity contribution in [3.8, 4) is 0 Å². The first kappa shape index (κ1) is 14.2. The largest absolute Gasteiger partial charge is 0.338 e. The molecule has 2 saturated heterocycles. The first-order valence-electron chi connectivity index (χ1n) is 8.28. The molecule has 5 heteroatoms. The topological polar surface area (TPSA) is 40.6 Å². The highest BCUT2D eigenvalue weighted by molar-refractivity contribution is 7.08. The van der Waals surface area contributed by atoms with Gasteiger partial charge in [0.1, 0.15) is 0 Å². The highest BCUT2D eigenvalue weighted by Gasteiger charge is 2.45. The van der Waals surface area contributed by atoms with Gasteiger partial charge in [-0.25, -0.2) is 0 Å². The maximum atomic E-state index is 12.7. The van der Waals surface area contributed by atoms with E-state index in [1.54, 1.807) is 11.3 Å². The van der Waals surface area contributed by atoms with Crippen LogP contribution in [0.25, 0.3) is 0 Å². The Morgan fingerprint density at radius 1 is 1.23 bits per heavy atom. The van der Waals surface area contributed by atoms with E-state index < -0.39 is 0 Å². The van der Waals surface area contributed by atoms with Gasteiger partial charge in [0.05, 0.1) is 5.56 Å². The van der Waals surface area contributed by atoms with Crippen molar-refractivity contribution >= 4 is 23.2 Å². The molecule has 3 heterocycles. The standard InChI is InChI=1S/C17H22N2O2S/c1-11-9-22-10-14(11)17(21)18-7-6-15-12(8-18)2-5-16(20)19(15)13-3-4-13/h9-10,12-13,15H,2-8H2,1H3/t12-,15-/m0/s1. The predicted molar refractivity (Wildman–Crippen MR) is 86.0 cm³/mol. The Hall–Kier alpha value is -1.36. The summed E-state index contributed by atoms with van der Waals surface area (Å²) in [5, 5.41) is 4.00. The molecule has 22 heavy (non-hydrogen) atoms. The number of piperidine rings is 2. The van der Waals surface area contributed by atoms with E-state index in [1.165, 1.54) is 12.8 Å². The molecule has 3 aliphatic rings. The smallest absolute Gasteiger partial charge is 0.254 e. The first-order chi connectivity index (χ1) is 10.6. The van der Waals surface area contributed by atoms with E-state index in [0.717, 1.165) is 37.1 Å². The number of thiophene rings is 1. The molecule has 1 saturated carbocycles. The fourth-order valence-corrected chi connectivity index (χ4v) is 4.88. The number of hydrogen-bond acceptors (Lipinski definition) is 3. The minimum atomic E-state index is 0.173. The van der Waals surface area contributed by atoms with Crippen LogP contribution >= 0.6 is 11.3 Å². The molecule has 1 aromatic rings. The molecule has 2 atom stereocenters. The van der Waals surface area contributed by atoms with Crippen LogP contribution in [-0.4, -0.2) is 46.8 Å². The zero-order chi connectivity index (χ0) is 15.3. The number of carbonyl (C=O) groups is 2. The van der Waals surface area contributed by atoms with Crippen molar-refractivity contribution in [2.45, 2.75) is 51.1 Å². The van der Waals surface area contributed by atoms with E-state index in [4.69, 9.17) is 0 Å². The molecule has 4 rings (SSSR count). The molecule has 4 nitrogen and oxygen atoms in total. The normalized spacial score (nSPS) is 28.7. The molecule has 1 aliphatic carbocycles. The van der Waals surface area contributed by atoms with E-state index in [1.807, 2.05) is 22.6 Å². The molecule has 1 aromatic heterocycles. The molecule has 118 valence electrons. The maximum Gasteiger partial charge on any atom is 0.254 e. The molecule has 0 unspecified atom stereocenters. The third-order valence-corrected chi connectivity index (χ3v) is 6.24. The average molecular weight is 318 g/mol. The minimum Gasteiger partial charge on any atom is -0.338 e. The predicted octanol–water partition coefficient (Wildman–Crippen LogP) is 2.67. The second-order valence-corrected chi connectivity index (χ2v) is 7.65. The van der Waals surface area contributed by atoms with Crippen molar-refractivity contribution in [2.75, 3.05) is 13.1 Å². The summed E-state index contributed by atoms with van der Waals surface area (Å²) in [4.78, 5) is 29.1. The molecule has 0 N–H and O–H groups in total. The van der Waals surface area contributed by atoms with Crippen molar-refractivity contribution in [3.05, 3.63) is 21.9 Å². The lowest BCUT2D eigenvalue weighted by molar-refractivity contribution is -0.141. The van der Waals surface area contributed by atoms with Crippen molar-refractivity contribution in [1.82, 2.24) is 9.80 Å². The molecule has 2 aliphatic heterocycles. The maximum absolute atomic E-state index is 12.7.